The molecule has 0 aliphatic carbocycles. The molecular formula is C12H13N4O5P. The first-order valence-corrected chi connectivity index (χ1v) is 7.88. The minimum Gasteiger partial charge on any atom is -0.323 e. The Kier molecular flexibility index (Phi) is 4.30. The van der Waals surface area contributed by atoms with E-state index < -0.39 is 24.5 Å². The van der Waals surface area contributed by atoms with E-state index in [2.05, 4.69) is 15.3 Å². The molecule has 0 unspecified atom stereocenters. The van der Waals surface area contributed by atoms with E-state index in [1.807, 2.05) is 6.07 Å². The summed E-state index contributed by atoms with van der Waals surface area (Å²) in [7, 11) is -4.30. The first-order chi connectivity index (χ1) is 10.2. The Hall–Kier alpha value is -2.24. The molecule has 10 heteroatoms. The summed E-state index contributed by atoms with van der Waals surface area (Å²) in [6.45, 7) is 1.32. The summed E-state index contributed by atoms with van der Waals surface area (Å²) in [6, 6.07) is 4.79. The Labute approximate surface area is 123 Å². The predicted octanol–water partition coefficient (Wildman–Crippen LogP) is -0.299. The maximum atomic E-state index is 11.4. The molecule has 0 radical (unpaired) electrons. The lowest BCUT2D eigenvalue weighted by Crippen LogP contribution is -2.30. The zero-order chi connectivity index (χ0) is 16.5. The highest BCUT2D eigenvalue weighted by Crippen LogP contribution is 2.39. The van der Waals surface area contributed by atoms with Gasteiger partial charge in [-0.3, -0.25) is 19.5 Å². The van der Waals surface area contributed by atoms with Crippen molar-refractivity contribution in [1.82, 2.24) is 15.3 Å². The van der Waals surface area contributed by atoms with E-state index >= 15 is 0 Å². The molecule has 0 aliphatic rings. The van der Waals surface area contributed by atoms with Crippen LogP contribution in [0.2, 0.25) is 0 Å². The fraction of sp³-hybridized carbons (Fsp3) is 0.250. The van der Waals surface area contributed by atoms with Crippen LogP contribution >= 0.6 is 7.60 Å². The second-order valence-electron chi connectivity index (χ2n) is 4.72. The van der Waals surface area contributed by atoms with Gasteiger partial charge in [0, 0.05) is 6.54 Å². The molecule has 0 spiro atoms. The maximum Gasteiger partial charge on any atom is 0.342 e. The highest BCUT2D eigenvalue weighted by atomic mass is 31.2. The van der Waals surface area contributed by atoms with E-state index in [0.29, 0.717) is 11.1 Å². The van der Waals surface area contributed by atoms with Crippen molar-refractivity contribution in [3.8, 4) is 6.07 Å². The van der Waals surface area contributed by atoms with E-state index in [1.54, 1.807) is 0 Å². The average molecular weight is 324 g/mol. The molecule has 0 bridgehead atoms. The van der Waals surface area contributed by atoms with Crippen LogP contribution in [0.25, 0.3) is 11.0 Å². The Morgan fingerprint density at radius 3 is 2.55 bits per heavy atom. The number of fused-ring (bicyclic) bond motifs is 1. The highest BCUT2D eigenvalue weighted by molar-refractivity contribution is 7.52. The number of rotatable bonds is 4. The van der Waals surface area contributed by atoms with Crippen molar-refractivity contribution in [2.24, 2.45) is 0 Å². The van der Waals surface area contributed by atoms with E-state index in [1.165, 1.54) is 19.1 Å². The van der Waals surface area contributed by atoms with Crippen LogP contribution in [-0.2, 0) is 11.1 Å². The molecule has 2 rings (SSSR count). The molecule has 1 aromatic carbocycles. The van der Waals surface area contributed by atoms with Gasteiger partial charge in [0.25, 0.3) is 0 Å². The summed E-state index contributed by atoms with van der Waals surface area (Å²) < 4.78 is 11.1. The van der Waals surface area contributed by atoms with Gasteiger partial charge in [-0.1, -0.05) is 0 Å². The third kappa shape index (κ3) is 3.32. The summed E-state index contributed by atoms with van der Waals surface area (Å²) >= 11 is 0. The smallest absolute Gasteiger partial charge is 0.323 e. The molecule has 1 heterocycles. The lowest BCUT2D eigenvalue weighted by Gasteiger charge is -2.16. The van der Waals surface area contributed by atoms with Gasteiger partial charge >= 0.3 is 18.7 Å². The van der Waals surface area contributed by atoms with Gasteiger partial charge in [0.15, 0.2) is 0 Å². The van der Waals surface area contributed by atoms with Crippen LogP contribution in [0.3, 0.4) is 0 Å². The third-order valence-electron chi connectivity index (χ3n) is 3.13. The third-order valence-corrected chi connectivity index (χ3v) is 4.33. The molecule has 9 nitrogen and oxygen atoms in total. The van der Waals surface area contributed by atoms with Gasteiger partial charge in [0.05, 0.1) is 22.7 Å². The fourth-order valence-electron chi connectivity index (χ4n) is 1.88. The summed E-state index contributed by atoms with van der Waals surface area (Å²) in [5.41, 5.74) is -0.441. The van der Waals surface area contributed by atoms with Gasteiger partial charge in [0.2, 0.25) is 0 Å². The molecule has 1 aromatic heterocycles. The topological polar surface area (TPSA) is 159 Å². The molecule has 1 atom stereocenters. The molecule has 22 heavy (non-hydrogen) atoms. The van der Waals surface area contributed by atoms with Crippen molar-refractivity contribution >= 4 is 18.6 Å². The summed E-state index contributed by atoms with van der Waals surface area (Å²) in [5.74, 6) is -1.09. The number of aromatic amines is 2. The van der Waals surface area contributed by atoms with E-state index in [-0.39, 0.29) is 17.6 Å². The van der Waals surface area contributed by atoms with E-state index in [9.17, 15) is 14.2 Å². The van der Waals surface area contributed by atoms with Crippen molar-refractivity contribution in [3.05, 3.63) is 44.0 Å². The molecule has 0 aliphatic heterocycles. The summed E-state index contributed by atoms with van der Waals surface area (Å²) in [6.07, 6.45) is 0. The number of nitriles is 1. The SMILES string of the molecule is C[C@@H](NCc1cc(C#N)cc2[nH]c(=O)c(=O)[nH]c12)P(=O)(O)O. The second-order valence-corrected chi connectivity index (χ2v) is 6.68. The van der Waals surface area contributed by atoms with Gasteiger partial charge in [-0.05, 0) is 24.6 Å². The van der Waals surface area contributed by atoms with Crippen molar-refractivity contribution in [2.75, 3.05) is 0 Å². The van der Waals surface area contributed by atoms with Crippen LogP contribution in [0.1, 0.15) is 18.1 Å². The molecule has 0 amide bonds. The number of hydrogen-bond acceptors (Lipinski definition) is 5. The van der Waals surface area contributed by atoms with Crippen LogP contribution in [0.15, 0.2) is 21.7 Å². The predicted molar refractivity (Wildman–Crippen MR) is 78.3 cm³/mol. The Balaban J connectivity index is 2.50. The molecule has 0 saturated heterocycles. The van der Waals surface area contributed by atoms with Crippen molar-refractivity contribution < 1.29 is 14.4 Å². The first kappa shape index (κ1) is 16.1. The van der Waals surface area contributed by atoms with Crippen molar-refractivity contribution in [2.45, 2.75) is 19.3 Å². The molecule has 2 aromatic rings. The van der Waals surface area contributed by atoms with Gasteiger partial charge in [-0.25, -0.2) is 0 Å². The monoisotopic (exact) mass is 324 g/mol. The number of aromatic nitrogens is 2. The zero-order valence-corrected chi connectivity index (χ0v) is 12.3. The van der Waals surface area contributed by atoms with Crippen molar-refractivity contribution in [3.63, 3.8) is 0 Å². The second kappa shape index (κ2) is 5.87. The van der Waals surface area contributed by atoms with Gasteiger partial charge in [-0.2, -0.15) is 5.26 Å². The van der Waals surface area contributed by atoms with Crippen molar-refractivity contribution in [1.29, 1.82) is 5.26 Å². The minimum absolute atomic E-state index is 0.000278. The standard InChI is InChI=1S/C12H13N4O5P/c1-6(22(19,20)21)14-5-8-2-7(4-13)3-9-10(8)16-12(18)11(17)15-9/h2-3,6,14H,5H2,1H3,(H,15,17)(H,16,18)(H2,19,20,21)/t6-/m0/s1. The number of nitrogens with one attached hydrogen (secondary N) is 3. The summed E-state index contributed by atoms with van der Waals surface area (Å²) in [4.78, 5) is 45.6. The van der Waals surface area contributed by atoms with Gasteiger partial charge in [0.1, 0.15) is 5.78 Å². The van der Waals surface area contributed by atoms with E-state index in [4.69, 9.17) is 15.0 Å². The molecule has 0 saturated carbocycles. The zero-order valence-electron chi connectivity index (χ0n) is 11.5. The number of hydrogen-bond donors (Lipinski definition) is 5. The molecule has 5 N–H and O–H groups in total. The van der Waals surface area contributed by atoms with Crippen LogP contribution in [-0.4, -0.2) is 25.5 Å². The first-order valence-electron chi connectivity index (χ1n) is 6.20. The van der Waals surface area contributed by atoms with Crippen LogP contribution < -0.4 is 16.4 Å². The molecule has 0 fully saturated rings. The van der Waals surface area contributed by atoms with Crippen LogP contribution in [0.4, 0.5) is 0 Å². The lowest BCUT2D eigenvalue weighted by molar-refractivity contribution is 0.350. The summed E-state index contributed by atoms with van der Waals surface area (Å²) in [5, 5.41) is 11.6. The van der Waals surface area contributed by atoms with Crippen LogP contribution in [0, 0.1) is 11.3 Å². The molecular weight excluding hydrogens is 311 g/mol. The van der Waals surface area contributed by atoms with Gasteiger partial charge < -0.3 is 19.8 Å². The largest absolute Gasteiger partial charge is 0.342 e. The quantitative estimate of drug-likeness (QED) is 0.381. The number of benzene rings is 1. The van der Waals surface area contributed by atoms with Crippen LogP contribution in [0.5, 0.6) is 0 Å². The Morgan fingerprint density at radius 2 is 1.95 bits per heavy atom. The normalized spacial score (nSPS) is 13.0. The average Bonchev–Trinajstić information content (AvgIpc) is 2.44. The lowest BCUT2D eigenvalue weighted by atomic mass is 10.1. The maximum absolute atomic E-state index is 11.4. The number of nitrogens with zero attached hydrogens (tertiary/aromatic N) is 1. The van der Waals surface area contributed by atoms with E-state index in [0.717, 1.165) is 0 Å². The minimum atomic E-state index is -4.30. The van der Waals surface area contributed by atoms with Gasteiger partial charge in [-0.15, -0.1) is 0 Å². The Morgan fingerprint density at radius 1 is 1.32 bits per heavy atom. The fourth-order valence-corrected chi connectivity index (χ4v) is 2.21. The highest BCUT2D eigenvalue weighted by Gasteiger charge is 2.23. The molecule has 116 valence electrons. The Bertz CT molecular complexity index is 920. The number of H-pyrrole nitrogens is 2.